The van der Waals surface area contributed by atoms with Gasteiger partial charge in [0.15, 0.2) is 0 Å². The Morgan fingerprint density at radius 1 is 1.36 bits per heavy atom. The van der Waals surface area contributed by atoms with Crippen molar-refractivity contribution < 1.29 is 9.84 Å². The Balaban J connectivity index is 2.40. The predicted molar refractivity (Wildman–Crippen MR) is 57.4 cm³/mol. The molecule has 2 atom stereocenters. The second-order valence-electron chi connectivity index (χ2n) is 4.04. The molecule has 0 radical (unpaired) electrons. The molecule has 1 rings (SSSR count). The second kappa shape index (κ2) is 6.38. The fourth-order valence-corrected chi connectivity index (χ4v) is 2.28. The molecule has 0 unspecified atom stereocenters. The number of rotatable bonds is 5. The predicted octanol–water partition coefficient (Wildman–Crippen LogP) is 1.26. The van der Waals surface area contributed by atoms with Crippen LogP contribution in [-0.4, -0.2) is 49.0 Å². The van der Waals surface area contributed by atoms with E-state index in [1.165, 1.54) is 12.8 Å². The lowest BCUT2D eigenvalue weighted by atomic mass is 9.91. The zero-order valence-corrected chi connectivity index (χ0v) is 9.41. The number of methoxy groups -OCH3 is 1. The Morgan fingerprint density at radius 3 is 2.64 bits per heavy atom. The highest BCUT2D eigenvalue weighted by atomic mass is 16.5. The largest absolute Gasteiger partial charge is 0.391 e. The van der Waals surface area contributed by atoms with Crippen molar-refractivity contribution in [3.05, 3.63) is 0 Å². The number of hydrogen-bond donors (Lipinski definition) is 1. The number of nitrogens with zero attached hydrogens (tertiary/aromatic N) is 1. The number of hydrogen-bond acceptors (Lipinski definition) is 3. The van der Waals surface area contributed by atoms with Gasteiger partial charge in [0.25, 0.3) is 0 Å². The summed E-state index contributed by atoms with van der Waals surface area (Å²) in [5.74, 6) is 0. The highest BCUT2D eigenvalue weighted by Crippen LogP contribution is 2.22. The van der Waals surface area contributed by atoms with Crippen LogP contribution in [0.3, 0.4) is 0 Å². The number of aliphatic hydroxyl groups is 1. The fraction of sp³-hybridized carbons (Fsp3) is 1.00. The summed E-state index contributed by atoms with van der Waals surface area (Å²) in [6.07, 6.45) is 4.41. The Labute approximate surface area is 87.1 Å². The van der Waals surface area contributed by atoms with Crippen LogP contribution in [0.2, 0.25) is 0 Å². The van der Waals surface area contributed by atoms with Crippen LogP contribution in [-0.2, 0) is 4.74 Å². The summed E-state index contributed by atoms with van der Waals surface area (Å²) in [5, 5.41) is 9.89. The molecule has 1 aliphatic carbocycles. The summed E-state index contributed by atoms with van der Waals surface area (Å²) >= 11 is 0. The van der Waals surface area contributed by atoms with Crippen LogP contribution in [0.5, 0.6) is 0 Å². The van der Waals surface area contributed by atoms with E-state index in [9.17, 15) is 5.11 Å². The van der Waals surface area contributed by atoms with E-state index in [2.05, 4.69) is 11.8 Å². The van der Waals surface area contributed by atoms with E-state index in [-0.39, 0.29) is 6.10 Å². The molecule has 0 spiro atoms. The molecule has 1 fully saturated rings. The summed E-state index contributed by atoms with van der Waals surface area (Å²) in [4.78, 5) is 2.34. The topological polar surface area (TPSA) is 32.7 Å². The molecule has 1 aliphatic rings. The molecule has 0 saturated heterocycles. The third-order valence-corrected chi connectivity index (χ3v) is 3.15. The monoisotopic (exact) mass is 201 g/mol. The minimum Gasteiger partial charge on any atom is -0.391 e. The Morgan fingerprint density at radius 2 is 2.07 bits per heavy atom. The van der Waals surface area contributed by atoms with Gasteiger partial charge < -0.3 is 9.84 Å². The van der Waals surface area contributed by atoms with E-state index in [1.54, 1.807) is 7.11 Å². The van der Waals surface area contributed by atoms with E-state index < -0.39 is 0 Å². The van der Waals surface area contributed by atoms with Gasteiger partial charge in [-0.25, -0.2) is 0 Å². The minimum atomic E-state index is -0.124. The van der Waals surface area contributed by atoms with Crippen molar-refractivity contribution in [3.8, 4) is 0 Å². The first-order chi connectivity index (χ1) is 6.79. The zero-order valence-electron chi connectivity index (χ0n) is 9.41. The molecule has 0 aromatic carbocycles. The lowest BCUT2D eigenvalue weighted by Gasteiger charge is -2.36. The summed E-state index contributed by atoms with van der Waals surface area (Å²) in [7, 11) is 1.73. The normalized spacial score (nSPS) is 28.3. The molecule has 0 aromatic rings. The second-order valence-corrected chi connectivity index (χ2v) is 4.04. The van der Waals surface area contributed by atoms with Crippen molar-refractivity contribution in [1.29, 1.82) is 0 Å². The molecule has 3 heteroatoms. The van der Waals surface area contributed by atoms with E-state index in [1.807, 2.05) is 0 Å². The maximum Gasteiger partial charge on any atom is 0.0695 e. The Hall–Kier alpha value is -0.120. The first-order valence-electron chi connectivity index (χ1n) is 5.70. The molecule has 1 N–H and O–H groups in total. The van der Waals surface area contributed by atoms with E-state index in [4.69, 9.17) is 4.74 Å². The molecular weight excluding hydrogens is 178 g/mol. The summed E-state index contributed by atoms with van der Waals surface area (Å²) in [6.45, 7) is 4.86. The van der Waals surface area contributed by atoms with Crippen LogP contribution in [0.15, 0.2) is 0 Å². The SMILES string of the molecule is CCN(CCOC)[C@H]1CCCC[C@@H]1O. The van der Waals surface area contributed by atoms with Crippen molar-refractivity contribution in [2.75, 3.05) is 26.8 Å². The van der Waals surface area contributed by atoms with Crippen LogP contribution in [0.4, 0.5) is 0 Å². The molecular formula is C11H23NO2. The molecule has 3 nitrogen and oxygen atoms in total. The van der Waals surface area contributed by atoms with E-state index in [0.29, 0.717) is 6.04 Å². The Bertz CT molecular complexity index is 152. The van der Waals surface area contributed by atoms with E-state index >= 15 is 0 Å². The van der Waals surface area contributed by atoms with Crippen LogP contribution in [0.25, 0.3) is 0 Å². The maximum atomic E-state index is 9.89. The Kier molecular flexibility index (Phi) is 5.45. The number of likely N-dealkylation sites (N-methyl/N-ethyl adjacent to an activating group) is 1. The van der Waals surface area contributed by atoms with Gasteiger partial charge in [-0.15, -0.1) is 0 Å². The van der Waals surface area contributed by atoms with Gasteiger partial charge in [0.2, 0.25) is 0 Å². The highest BCUT2D eigenvalue weighted by molar-refractivity contribution is 4.82. The third-order valence-electron chi connectivity index (χ3n) is 3.15. The molecule has 1 saturated carbocycles. The standard InChI is InChI=1S/C11H23NO2/c1-3-12(8-9-14-2)10-6-4-5-7-11(10)13/h10-11,13H,3-9H2,1-2H3/t10-,11-/m0/s1. The molecule has 0 amide bonds. The lowest BCUT2D eigenvalue weighted by molar-refractivity contribution is 0.0115. The summed E-state index contributed by atoms with van der Waals surface area (Å²) < 4.78 is 5.08. The third kappa shape index (κ3) is 3.23. The van der Waals surface area contributed by atoms with Crippen molar-refractivity contribution in [1.82, 2.24) is 4.90 Å². The van der Waals surface area contributed by atoms with E-state index in [0.717, 1.165) is 32.5 Å². The highest BCUT2D eigenvalue weighted by Gasteiger charge is 2.27. The number of aliphatic hydroxyl groups excluding tert-OH is 1. The van der Waals surface area contributed by atoms with Crippen molar-refractivity contribution in [3.63, 3.8) is 0 Å². The molecule has 0 bridgehead atoms. The van der Waals surface area contributed by atoms with Gasteiger partial charge in [-0.2, -0.15) is 0 Å². The minimum absolute atomic E-state index is 0.124. The van der Waals surface area contributed by atoms with Gasteiger partial charge in [0.05, 0.1) is 12.7 Å². The number of ether oxygens (including phenoxy) is 1. The quantitative estimate of drug-likeness (QED) is 0.727. The average Bonchev–Trinajstić information content (AvgIpc) is 2.21. The summed E-state index contributed by atoms with van der Waals surface area (Å²) in [6, 6.07) is 0.365. The lowest BCUT2D eigenvalue weighted by Crippen LogP contribution is -2.46. The molecule has 84 valence electrons. The van der Waals surface area contributed by atoms with Gasteiger partial charge in [-0.05, 0) is 19.4 Å². The first-order valence-corrected chi connectivity index (χ1v) is 5.70. The van der Waals surface area contributed by atoms with Crippen LogP contribution >= 0.6 is 0 Å². The molecule has 0 heterocycles. The molecule has 14 heavy (non-hydrogen) atoms. The fourth-order valence-electron chi connectivity index (χ4n) is 2.28. The van der Waals surface area contributed by atoms with Gasteiger partial charge in [0, 0.05) is 19.7 Å². The summed E-state index contributed by atoms with van der Waals surface area (Å²) in [5.41, 5.74) is 0. The van der Waals surface area contributed by atoms with Crippen LogP contribution in [0, 0.1) is 0 Å². The van der Waals surface area contributed by atoms with Crippen molar-refractivity contribution in [2.45, 2.75) is 44.8 Å². The van der Waals surface area contributed by atoms with Gasteiger partial charge in [-0.1, -0.05) is 19.8 Å². The van der Waals surface area contributed by atoms with Crippen LogP contribution in [0.1, 0.15) is 32.6 Å². The van der Waals surface area contributed by atoms with Crippen LogP contribution < -0.4 is 0 Å². The molecule has 0 aliphatic heterocycles. The first kappa shape index (κ1) is 12.0. The zero-order chi connectivity index (χ0) is 10.4. The smallest absolute Gasteiger partial charge is 0.0695 e. The average molecular weight is 201 g/mol. The van der Waals surface area contributed by atoms with Gasteiger partial charge >= 0.3 is 0 Å². The van der Waals surface area contributed by atoms with Gasteiger partial charge in [0.1, 0.15) is 0 Å². The van der Waals surface area contributed by atoms with Gasteiger partial charge in [-0.3, -0.25) is 4.90 Å². The molecule has 0 aromatic heterocycles. The van der Waals surface area contributed by atoms with Crippen molar-refractivity contribution in [2.24, 2.45) is 0 Å². The van der Waals surface area contributed by atoms with Crippen molar-refractivity contribution >= 4 is 0 Å². The maximum absolute atomic E-state index is 9.89.